The van der Waals surface area contributed by atoms with Gasteiger partial charge in [-0.2, -0.15) is 15.0 Å². The Morgan fingerprint density at radius 3 is 2.80 bits per heavy atom. The smallest absolute Gasteiger partial charge is 0.231 e. The van der Waals surface area contributed by atoms with Crippen molar-refractivity contribution in [3.63, 3.8) is 0 Å². The normalized spacial score (nSPS) is 15.3. The first-order valence-electron chi connectivity index (χ1n) is 6.61. The lowest BCUT2D eigenvalue weighted by Crippen LogP contribution is -2.31. The van der Waals surface area contributed by atoms with Gasteiger partial charge in [0.1, 0.15) is 0 Å². The molecule has 1 N–H and O–H groups in total. The van der Waals surface area contributed by atoms with Gasteiger partial charge in [-0.3, -0.25) is 0 Å². The monoisotopic (exact) mass is 294 g/mol. The lowest BCUT2D eigenvalue weighted by molar-refractivity contribution is 0.387. The third-order valence-electron chi connectivity index (χ3n) is 3.15. The Kier molecular flexibility index (Phi) is 3.96. The molecular weight excluding hydrogens is 280 g/mol. The van der Waals surface area contributed by atoms with Gasteiger partial charge in [0, 0.05) is 19.2 Å². The van der Waals surface area contributed by atoms with Crippen molar-refractivity contribution in [3.8, 4) is 0 Å². The van der Waals surface area contributed by atoms with Crippen LogP contribution < -0.4 is 10.2 Å². The fourth-order valence-corrected chi connectivity index (χ4v) is 2.31. The summed E-state index contributed by atoms with van der Waals surface area (Å²) < 4.78 is 5.00. The first-order valence-corrected chi connectivity index (χ1v) is 6.99. The van der Waals surface area contributed by atoms with E-state index in [0.717, 1.165) is 25.9 Å². The van der Waals surface area contributed by atoms with E-state index in [1.54, 1.807) is 12.3 Å². The van der Waals surface area contributed by atoms with Gasteiger partial charge >= 0.3 is 0 Å². The lowest BCUT2D eigenvalue weighted by Gasteiger charge is -2.26. The molecule has 8 heteroatoms. The molecule has 1 saturated heterocycles. The molecule has 1 fully saturated rings. The minimum absolute atomic E-state index is 0.195. The molecule has 3 heterocycles. The van der Waals surface area contributed by atoms with Crippen LogP contribution in [0.5, 0.6) is 0 Å². The second-order valence-electron chi connectivity index (χ2n) is 4.61. The van der Waals surface area contributed by atoms with Crippen LogP contribution in [0.2, 0.25) is 5.28 Å². The molecule has 0 atom stereocenters. The summed E-state index contributed by atoms with van der Waals surface area (Å²) >= 11 is 5.97. The zero-order valence-corrected chi connectivity index (χ0v) is 11.7. The molecule has 3 rings (SSSR count). The Bertz CT molecular complexity index is 555. The second-order valence-corrected chi connectivity index (χ2v) is 4.95. The third-order valence-corrected chi connectivity index (χ3v) is 3.32. The van der Waals surface area contributed by atoms with Crippen molar-refractivity contribution in [1.82, 2.24) is 20.1 Å². The number of piperidine rings is 1. The summed E-state index contributed by atoms with van der Waals surface area (Å²) in [5.74, 6) is 1.79. The molecule has 2 aromatic rings. The first kappa shape index (κ1) is 13.1. The topological polar surface area (TPSA) is 80.0 Å². The molecule has 0 aromatic carbocycles. The minimum atomic E-state index is 0.195. The fraction of sp³-hybridized carbons (Fsp3) is 0.500. The van der Waals surface area contributed by atoms with E-state index in [9.17, 15) is 0 Å². The van der Waals surface area contributed by atoms with Crippen molar-refractivity contribution < 1.29 is 4.52 Å². The number of rotatable bonds is 4. The number of halogens is 1. The average molecular weight is 295 g/mol. The van der Waals surface area contributed by atoms with E-state index in [1.165, 1.54) is 6.42 Å². The van der Waals surface area contributed by atoms with Crippen molar-refractivity contribution in [2.24, 2.45) is 0 Å². The molecule has 0 radical (unpaired) electrons. The van der Waals surface area contributed by atoms with Crippen LogP contribution in [0.15, 0.2) is 16.8 Å². The molecule has 0 saturated carbocycles. The first-order chi connectivity index (χ1) is 9.81. The fourth-order valence-electron chi connectivity index (χ4n) is 2.15. The number of anilines is 2. The maximum atomic E-state index is 5.97. The van der Waals surface area contributed by atoms with Crippen LogP contribution in [-0.2, 0) is 6.54 Å². The van der Waals surface area contributed by atoms with Crippen LogP contribution in [0.25, 0.3) is 0 Å². The standard InChI is InChI=1S/C12H15ClN6O/c13-10-16-11(14-8-9-4-5-15-20-9)18-12(17-10)19-6-2-1-3-7-19/h4-5H,1-3,6-8H2,(H,14,16,17,18). The van der Waals surface area contributed by atoms with Gasteiger partial charge in [0.25, 0.3) is 0 Å². The number of hydrogen-bond acceptors (Lipinski definition) is 7. The molecule has 0 bridgehead atoms. The Morgan fingerprint density at radius 1 is 1.20 bits per heavy atom. The number of nitrogens with zero attached hydrogens (tertiary/aromatic N) is 5. The van der Waals surface area contributed by atoms with Gasteiger partial charge in [0.2, 0.25) is 17.2 Å². The van der Waals surface area contributed by atoms with E-state index in [1.807, 2.05) is 0 Å². The predicted octanol–water partition coefficient (Wildman–Crippen LogP) is 2.12. The van der Waals surface area contributed by atoms with Crippen molar-refractivity contribution in [2.45, 2.75) is 25.8 Å². The van der Waals surface area contributed by atoms with Crippen LogP contribution >= 0.6 is 11.6 Å². The van der Waals surface area contributed by atoms with Gasteiger partial charge < -0.3 is 14.7 Å². The molecule has 0 aliphatic carbocycles. The summed E-state index contributed by atoms with van der Waals surface area (Å²) in [5.41, 5.74) is 0. The van der Waals surface area contributed by atoms with E-state index >= 15 is 0 Å². The molecule has 20 heavy (non-hydrogen) atoms. The van der Waals surface area contributed by atoms with Crippen LogP contribution in [-0.4, -0.2) is 33.2 Å². The van der Waals surface area contributed by atoms with Crippen molar-refractivity contribution in [2.75, 3.05) is 23.3 Å². The Balaban J connectivity index is 1.72. The SMILES string of the molecule is Clc1nc(NCc2ccno2)nc(N2CCCCC2)n1. The van der Waals surface area contributed by atoms with Crippen molar-refractivity contribution >= 4 is 23.5 Å². The van der Waals surface area contributed by atoms with E-state index < -0.39 is 0 Å². The van der Waals surface area contributed by atoms with Crippen LogP contribution in [0, 0.1) is 0 Å². The summed E-state index contributed by atoms with van der Waals surface area (Å²) in [6, 6.07) is 1.78. The highest BCUT2D eigenvalue weighted by Crippen LogP contribution is 2.18. The summed E-state index contributed by atoms with van der Waals surface area (Å²) in [6.45, 7) is 2.38. The zero-order valence-electron chi connectivity index (χ0n) is 10.9. The van der Waals surface area contributed by atoms with Gasteiger partial charge in [-0.25, -0.2) is 0 Å². The second kappa shape index (κ2) is 6.04. The van der Waals surface area contributed by atoms with Crippen molar-refractivity contribution in [1.29, 1.82) is 0 Å². The molecule has 106 valence electrons. The van der Waals surface area contributed by atoms with Gasteiger partial charge in [0.05, 0.1) is 12.7 Å². The number of nitrogens with one attached hydrogen (secondary N) is 1. The van der Waals surface area contributed by atoms with Gasteiger partial charge in [0.15, 0.2) is 5.76 Å². The van der Waals surface area contributed by atoms with Crippen LogP contribution in [0.3, 0.4) is 0 Å². The maximum absolute atomic E-state index is 5.97. The van der Waals surface area contributed by atoms with Gasteiger partial charge in [-0.05, 0) is 30.9 Å². The molecule has 1 aliphatic heterocycles. The molecule has 0 amide bonds. The Morgan fingerprint density at radius 2 is 2.05 bits per heavy atom. The van der Waals surface area contributed by atoms with Gasteiger partial charge in [-0.1, -0.05) is 5.16 Å². The van der Waals surface area contributed by atoms with E-state index in [2.05, 4.69) is 30.3 Å². The summed E-state index contributed by atoms with van der Waals surface area (Å²) in [6.07, 6.45) is 5.16. The van der Waals surface area contributed by atoms with Crippen molar-refractivity contribution in [3.05, 3.63) is 23.3 Å². The molecule has 0 spiro atoms. The molecular formula is C12H15ClN6O. The largest absolute Gasteiger partial charge is 0.360 e. The minimum Gasteiger partial charge on any atom is -0.360 e. The summed E-state index contributed by atoms with van der Waals surface area (Å²) in [7, 11) is 0. The Labute approximate surface area is 121 Å². The molecule has 2 aromatic heterocycles. The summed E-state index contributed by atoms with van der Waals surface area (Å²) in [4.78, 5) is 14.8. The number of hydrogen-bond donors (Lipinski definition) is 1. The predicted molar refractivity (Wildman–Crippen MR) is 74.7 cm³/mol. The lowest BCUT2D eigenvalue weighted by atomic mass is 10.1. The van der Waals surface area contributed by atoms with E-state index in [-0.39, 0.29) is 5.28 Å². The Hall–Kier alpha value is -1.89. The highest BCUT2D eigenvalue weighted by Gasteiger charge is 2.15. The van der Waals surface area contributed by atoms with E-state index in [4.69, 9.17) is 16.1 Å². The van der Waals surface area contributed by atoms with E-state index in [0.29, 0.717) is 24.2 Å². The molecule has 1 aliphatic rings. The molecule has 7 nitrogen and oxygen atoms in total. The van der Waals surface area contributed by atoms with Crippen LogP contribution in [0.4, 0.5) is 11.9 Å². The molecule has 0 unspecified atom stereocenters. The highest BCUT2D eigenvalue weighted by molar-refractivity contribution is 6.28. The maximum Gasteiger partial charge on any atom is 0.231 e. The quantitative estimate of drug-likeness (QED) is 0.925. The third kappa shape index (κ3) is 3.16. The van der Waals surface area contributed by atoms with Gasteiger partial charge in [-0.15, -0.1) is 0 Å². The zero-order chi connectivity index (χ0) is 13.8. The average Bonchev–Trinajstić information content (AvgIpc) is 2.99. The highest BCUT2D eigenvalue weighted by atomic mass is 35.5. The van der Waals surface area contributed by atoms with Crippen LogP contribution in [0.1, 0.15) is 25.0 Å². The number of aromatic nitrogens is 4. The summed E-state index contributed by atoms with van der Waals surface area (Å²) in [5, 5.41) is 6.90.